The number of rotatable bonds is 7. The van der Waals surface area contributed by atoms with E-state index in [1.807, 2.05) is 48.5 Å². The first-order chi connectivity index (χ1) is 13.3. The highest BCUT2D eigenvalue weighted by Gasteiger charge is 2.16. The van der Waals surface area contributed by atoms with E-state index < -0.39 is 0 Å². The number of benzene rings is 2. The van der Waals surface area contributed by atoms with E-state index in [1.54, 1.807) is 0 Å². The SMILES string of the molecule is Clc1ccc(CCNc2nc(NCC3CCCO3)c3ccccc3n2)cc1. The van der Waals surface area contributed by atoms with E-state index in [1.165, 1.54) is 5.56 Å². The van der Waals surface area contributed by atoms with Gasteiger partial charge in [-0.2, -0.15) is 4.98 Å². The Morgan fingerprint density at radius 3 is 2.70 bits per heavy atom. The van der Waals surface area contributed by atoms with Crippen molar-refractivity contribution in [3.8, 4) is 0 Å². The Kier molecular flexibility index (Phi) is 5.70. The number of hydrogen-bond donors (Lipinski definition) is 2. The summed E-state index contributed by atoms with van der Waals surface area (Å²) in [6.07, 6.45) is 3.38. The van der Waals surface area contributed by atoms with Gasteiger partial charge in [0.25, 0.3) is 0 Å². The lowest BCUT2D eigenvalue weighted by Gasteiger charge is -2.14. The van der Waals surface area contributed by atoms with Crippen LogP contribution in [0.3, 0.4) is 0 Å². The van der Waals surface area contributed by atoms with Gasteiger partial charge in [0.2, 0.25) is 5.95 Å². The van der Waals surface area contributed by atoms with Gasteiger partial charge in [0.1, 0.15) is 5.82 Å². The summed E-state index contributed by atoms with van der Waals surface area (Å²) in [5.41, 5.74) is 2.15. The van der Waals surface area contributed by atoms with Crippen LogP contribution in [0.5, 0.6) is 0 Å². The molecule has 0 saturated carbocycles. The predicted octanol–water partition coefficient (Wildman–Crippen LogP) is 4.53. The van der Waals surface area contributed by atoms with Crippen LogP contribution >= 0.6 is 11.6 Å². The summed E-state index contributed by atoms with van der Waals surface area (Å²) in [5.74, 6) is 1.49. The molecular formula is C21H23ClN4O. The van der Waals surface area contributed by atoms with Crippen LogP contribution in [0.4, 0.5) is 11.8 Å². The molecule has 1 aromatic heterocycles. The van der Waals surface area contributed by atoms with Gasteiger partial charge in [0.05, 0.1) is 11.6 Å². The van der Waals surface area contributed by atoms with Gasteiger partial charge in [-0.25, -0.2) is 4.98 Å². The topological polar surface area (TPSA) is 59.1 Å². The Bertz CT molecular complexity index is 894. The van der Waals surface area contributed by atoms with E-state index in [0.717, 1.165) is 60.7 Å². The second-order valence-electron chi connectivity index (χ2n) is 6.73. The lowest BCUT2D eigenvalue weighted by atomic mass is 10.1. The number of ether oxygens (including phenoxy) is 1. The number of nitrogens with zero attached hydrogens (tertiary/aromatic N) is 2. The predicted molar refractivity (Wildman–Crippen MR) is 111 cm³/mol. The third-order valence-corrected chi connectivity index (χ3v) is 4.99. The quantitative estimate of drug-likeness (QED) is 0.628. The van der Waals surface area contributed by atoms with E-state index in [-0.39, 0.29) is 6.10 Å². The Morgan fingerprint density at radius 2 is 1.89 bits per heavy atom. The van der Waals surface area contributed by atoms with Gasteiger partial charge in [-0.3, -0.25) is 0 Å². The number of fused-ring (bicyclic) bond motifs is 1. The van der Waals surface area contributed by atoms with Crippen LogP contribution < -0.4 is 10.6 Å². The van der Waals surface area contributed by atoms with Crippen LogP contribution in [-0.2, 0) is 11.2 Å². The monoisotopic (exact) mass is 382 g/mol. The maximum absolute atomic E-state index is 5.94. The zero-order valence-corrected chi connectivity index (χ0v) is 15.9. The van der Waals surface area contributed by atoms with Gasteiger partial charge < -0.3 is 15.4 Å². The van der Waals surface area contributed by atoms with Gasteiger partial charge in [-0.05, 0) is 49.1 Å². The third-order valence-electron chi connectivity index (χ3n) is 4.73. The van der Waals surface area contributed by atoms with Crippen molar-refractivity contribution >= 4 is 34.3 Å². The molecule has 1 atom stereocenters. The van der Waals surface area contributed by atoms with Crippen LogP contribution in [0.15, 0.2) is 48.5 Å². The second-order valence-corrected chi connectivity index (χ2v) is 7.17. The maximum Gasteiger partial charge on any atom is 0.225 e. The Labute approximate surface area is 164 Å². The number of hydrogen-bond acceptors (Lipinski definition) is 5. The standard InChI is InChI=1S/C21H23ClN4O/c22-16-9-7-15(8-10-16)11-12-23-21-25-19-6-2-1-5-18(19)20(26-21)24-14-17-4-3-13-27-17/h1-2,5-10,17H,3-4,11-14H2,(H2,23,24,25,26). The minimum Gasteiger partial charge on any atom is -0.376 e. The highest BCUT2D eigenvalue weighted by atomic mass is 35.5. The molecule has 0 bridgehead atoms. The van der Waals surface area contributed by atoms with Crippen LogP contribution in [0, 0.1) is 0 Å². The molecule has 2 heterocycles. The van der Waals surface area contributed by atoms with Crippen LogP contribution in [0.2, 0.25) is 5.02 Å². The fourth-order valence-corrected chi connectivity index (χ4v) is 3.40. The van der Waals surface area contributed by atoms with Gasteiger partial charge in [0.15, 0.2) is 0 Å². The Morgan fingerprint density at radius 1 is 1.04 bits per heavy atom. The summed E-state index contributed by atoms with van der Waals surface area (Å²) < 4.78 is 5.71. The van der Waals surface area contributed by atoms with E-state index in [0.29, 0.717) is 5.95 Å². The zero-order chi connectivity index (χ0) is 18.5. The second kappa shape index (κ2) is 8.55. The normalized spacial score (nSPS) is 16.6. The molecule has 6 heteroatoms. The van der Waals surface area contributed by atoms with Crippen LogP contribution in [-0.4, -0.2) is 35.8 Å². The first kappa shape index (κ1) is 18.0. The molecule has 0 aliphatic carbocycles. The average molecular weight is 383 g/mol. The maximum atomic E-state index is 5.94. The number of anilines is 2. The van der Waals surface area contributed by atoms with Crippen molar-refractivity contribution in [3.63, 3.8) is 0 Å². The molecule has 1 unspecified atom stereocenters. The Hall–Kier alpha value is -2.37. The fraction of sp³-hybridized carbons (Fsp3) is 0.333. The number of aromatic nitrogens is 2. The molecule has 2 aromatic carbocycles. The molecule has 1 saturated heterocycles. The lowest BCUT2D eigenvalue weighted by molar-refractivity contribution is 0.120. The summed E-state index contributed by atoms with van der Waals surface area (Å²) in [4.78, 5) is 9.34. The highest BCUT2D eigenvalue weighted by Crippen LogP contribution is 2.23. The van der Waals surface area contributed by atoms with Gasteiger partial charge in [0, 0.05) is 30.1 Å². The number of para-hydroxylation sites is 1. The Balaban J connectivity index is 1.45. The molecule has 2 N–H and O–H groups in total. The molecule has 3 aromatic rings. The minimum absolute atomic E-state index is 0.264. The molecule has 1 aliphatic rings. The van der Waals surface area contributed by atoms with Crippen molar-refractivity contribution in [1.82, 2.24) is 9.97 Å². The molecule has 1 aliphatic heterocycles. The summed E-state index contributed by atoms with van der Waals surface area (Å²) in [6.45, 7) is 2.38. The molecule has 1 fully saturated rings. The largest absolute Gasteiger partial charge is 0.376 e. The van der Waals surface area contributed by atoms with Crippen molar-refractivity contribution in [2.45, 2.75) is 25.4 Å². The third kappa shape index (κ3) is 4.67. The van der Waals surface area contributed by atoms with Crippen LogP contribution in [0.1, 0.15) is 18.4 Å². The molecule has 27 heavy (non-hydrogen) atoms. The molecule has 4 rings (SSSR count). The number of halogens is 1. The smallest absolute Gasteiger partial charge is 0.225 e. The van der Waals surface area contributed by atoms with Crippen molar-refractivity contribution < 1.29 is 4.74 Å². The van der Waals surface area contributed by atoms with Gasteiger partial charge in [-0.15, -0.1) is 0 Å². The van der Waals surface area contributed by atoms with E-state index in [4.69, 9.17) is 21.3 Å². The summed E-state index contributed by atoms with van der Waals surface area (Å²) in [7, 11) is 0. The molecule has 5 nitrogen and oxygen atoms in total. The first-order valence-corrected chi connectivity index (χ1v) is 9.76. The summed E-state index contributed by atoms with van der Waals surface area (Å²) in [6, 6.07) is 16.0. The van der Waals surface area contributed by atoms with Gasteiger partial charge >= 0.3 is 0 Å². The average Bonchev–Trinajstić information content (AvgIpc) is 3.21. The van der Waals surface area contributed by atoms with E-state index >= 15 is 0 Å². The summed E-state index contributed by atoms with van der Waals surface area (Å²) >= 11 is 5.94. The van der Waals surface area contributed by atoms with E-state index in [9.17, 15) is 0 Å². The zero-order valence-electron chi connectivity index (χ0n) is 15.1. The number of nitrogens with one attached hydrogen (secondary N) is 2. The van der Waals surface area contributed by atoms with Crippen molar-refractivity contribution in [3.05, 3.63) is 59.1 Å². The fourth-order valence-electron chi connectivity index (χ4n) is 3.28. The van der Waals surface area contributed by atoms with E-state index in [2.05, 4.69) is 15.6 Å². The van der Waals surface area contributed by atoms with Crippen molar-refractivity contribution in [2.24, 2.45) is 0 Å². The molecule has 140 valence electrons. The van der Waals surface area contributed by atoms with Crippen LogP contribution in [0.25, 0.3) is 10.9 Å². The van der Waals surface area contributed by atoms with Crippen molar-refractivity contribution in [2.75, 3.05) is 30.3 Å². The molecular weight excluding hydrogens is 360 g/mol. The first-order valence-electron chi connectivity index (χ1n) is 9.38. The molecule has 0 radical (unpaired) electrons. The summed E-state index contributed by atoms with van der Waals surface area (Å²) in [5, 5.41) is 8.58. The minimum atomic E-state index is 0.264. The molecule has 0 spiro atoms. The molecule has 0 amide bonds. The van der Waals surface area contributed by atoms with Gasteiger partial charge in [-0.1, -0.05) is 35.9 Å². The highest BCUT2D eigenvalue weighted by molar-refractivity contribution is 6.30. The lowest BCUT2D eigenvalue weighted by Crippen LogP contribution is -2.19. The van der Waals surface area contributed by atoms with Crippen molar-refractivity contribution in [1.29, 1.82) is 0 Å².